The number of para-hydroxylation sites is 1. The van der Waals surface area contributed by atoms with Crippen LogP contribution in [0.4, 0.5) is 5.69 Å². The number of hydrogen-bond acceptors (Lipinski definition) is 3. The van der Waals surface area contributed by atoms with Gasteiger partial charge >= 0.3 is 0 Å². The Morgan fingerprint density at radius 1 is 1.00 bits per heavy atom. The smallest absolute Gasteiger partial charge is 0.193 e. The van der Waals surface area contributed by atoms with E-state index in [0.29, 0.717) is 24.0 Å². The second-order valence-electron chi connectivity index (χ2n) is 5.67. The van der Waals surface area contributed by atoms with Crippen LogP contribution in [0.15, 0.2) is 41.4 Å². The quantitative estimate of drug-likeness (QED) is 0.359. The summed E-state index contributed by atoms with van der Waals surface area (Å²) in [4.78, 5) is 4.46. The molecule has 5 nitrogen and oxygen atoms in total. The van der Waals surface area contributed by atoms with E-state index in [9.17, 15) is 0 Å². The van der Waals surface area contributed by atoms with E-state index >= 15 is 0 Å². The minimum Gasteiger partial charge on any atom is -0.493 e. The molecule has 0 aliphatic heterocycles. The van der Waals surface area contributed by atoms with Gasteiger partial charge in [-0.3, -0.25) is 0 Å². The van der Waals surface area contributed by atoms with E-state index in [0.717, 1.165) is 24.1 Å². The SMILES string of the molecule is CCc1cccc(CC)c1NC(N)=NCc1ccc(OC)c(OC)c1.I. The van der Waals surface area contributed by atoms with Gasteiger partial charge in [-0.25, -0.2) is 4.99 Å². The highest BCUT2D eigenvalue weighted by Crippen LogP contribution is 2.28. The highest BCUT2D eigenvalue weighted by molar-refractivity contribution is 14.0. The zero-order chi connectivity index (χ0) is 18.2. The highest BCUT2D eigenvalue weighted by atomic mass is 127. The average Bonchev–Trinajstić information content (AvgIpc) is 2.66. The van der Waals surface area contributed by atoms with E-state index in [1.807, 2.05) is 18.2 Å². The van der Waals surface area contributed by atoms with Crippen LogP contribution in [0, 0.1) is 0 Å². The van der Waals surface area contributed by atoms with Gasteiger partial charge in [-0.2, -0.15) is 0 Å². The first-order valence-corrected chi connectivity index (χ1v) is 8.51. The van der Waals surface area contributed by atoms with Gasteiger partial charge in [-0.05, 0) is 41.7 Å². The van der Waals surface area contributed by atoms with Crippen molar-refractivity contribution in [2.45, 2.75) is 33.2 Å². The summed E-state index contributed by atoms with van der Waals surface area (Å²) in [5.41, 5.74) is 10.7. The third kappa shape index (κ3) is 5.52. The van der Waals surface area contributed by atoms with Gasteiger partial charge in [0.05, 0.1) is 20.8 Å². The molecule has 0 fully saturated rings. The summed E-state index contributed by atoms with van der Waals surface area (Å²) in [5.74, 6) is 1.79. The normalized spacial score (nSPS) is 10.8. The Balaban J connectivity index is 0.00000338. The number of nitrogens with one attached hydrogen (secondary N) is 1. The summed E-state index contributed by atoms with van der Waals surface area (Å²) in [6, 6.07) is 12.0. The topological polar surface area (TPSA) is 68.9 Å². The molecule has 0 aromatic heterocycles. The molecule has 2 aromatic carbocycles. The lowest BCUT2D eigenvalue weighted by Gasteiger charge is -2.15. The van der Waals surface area contributed by atoms with E-state index in [2.05, 4.69) is 42.4 Å². The highest BCUT2D eigenvalue weighted by Gasteiger charge is 2.08. The number of anilines is 1. The van der Waals surface area contributed by atoms with Crippen molar-refractivity contribution in [3.8, 4) is 11.5 Å². The number of nitrogens with zero attached hydrogens (tertiary/aromatic N) is 1. The Morgan fingerprint density at radius 3 is 2.15 bits per heavy atom. The number of guanidine groups is 1. The first kappa shape index (κ1) is 22.1. The number of nitrogens with two attached hydrogens (primary N) is 1. The largest absolute Gasteiger partial charge is 0.493 e. The molecule has 0 aliphatic rings. The number of aryl methyl sites for hydroxylation is 2. The lowest BCUT2D eigenvalue weighted by Crippen LogP contribution is -2.24. The molecule has 0 aliphatic carbocycles. The van der Waals surface area contributed by atoms with Gasteiger partial charge in [-0.15, -0.1) is 24.0 Å². The first-order chi connectivity index (χ1) is 12.1. The molecule has 0 saturated carbocycles. The molecule has 0 saturated heterocycles. The van der Waals surface area contributed by atoms with Crippen molar-refractivity contribution >= 4 is 35.6 Å². The molecule has 26 heavy (non-hydrogen) atoms. The number of halogens is 1. The van der Waals surface area contributed by atoms with E-state index in [4.69, 9.17) is 15.2 Å². The van der Waals surface area contributed by atoms with Crippen molar-refractivity contribution < 1.29 is 9.47 Å². The van der Waals surface area contributed by atoms with Crippen LogP contribution in [-0.4, -0.2) is 20.2 Å². The van der Waals surface area contributed by atoms with Crippen molar-refractivity contribution in [2.75, 3.05) is 19.5 Å². The van der Waals surface area contributed by atoms with E-state index < -0.39 is 0 Å². The summed E-state index contributed by atoms with van der Waals surface area (Å²) < 4.78 is 10.6. The Kier molecular flexibility index (Phi) is 9.26. The second kappa shape index (κ2) is 10.9. The molecule has 0 amide bonds. The molecule has 6 heteroatoms. The summed E-state index contributed by atoms with van der Waals surface area (Å²) in [7, 11) is 3.24. The van der Waals surface area contributed by atoms with Crippen molar-refractivity contribution in [3.63, 3.8) is 0 Å². The van der Waals surface area contributed by atoms with Crippen LogP contribution in [0.5, 0.6) is 11.5 Å². The predicted octanol–water partition coefficient (Wildman–Crippen LogP) is 4.37. The Labute approximate surface area is 173 Å². The van der Waals surface area contributed by atoms with Gasteiger partial charge in [0.2, 0.25) is 0 Å². The molecule has 142 valence electrons. The third-order valence-corrected chi connectivity index (χ3v) is 4.13. The van der Waals surface area contributed by atoms with Gasteiger partial charge in [-0.1, -0.05) is 38.1 Å². The number of hydrogen-bond donors (Lipinski definition) is 2. The first-order valence-electron chi connectivity index (χ1n) is 8.51. The van der Waals surface area contributed by atoms with Crippen molar-refractivity contribution in [2.24, 2.45) is 10.7 Å². The molecule has 3 N–H and O–H groups in total. The summed E-state index contributed by atoms with van der Waals surface area (Å²) in [6.07, 6.45) is 1.89. The van der Waals surface area contributed by atoms with Gasteiger partial charge in [0.1, 0.15) is 0 Å². The van der Waals surface area contributed by atoms with E-state index in [1.165, 1.54) is 11.1 Å². The summed E-state index contributed by atoms with van der Waals surface area (Å²) in [6.45, 7) is 4.74. The molecule has 0 unspecified atom stereocenters. The average molecular weight is 469 g/mol. The Morgan fingerprint density at radius 2 is 1.62 bits per heavy atom. The molecule has 0 radical (unpaired) electrons. The van der Waals surface area contributed by atoms with Crippen LogP contribution in [-0.2, 0) is 19.4 Å². The monoisotopic (exact) mass is 469 g/mol. The molecule has 0 heterocycles. The zero-order valence-corrected chi connectivity index (χ0v) is 18.2. The van der Waals surface area contributed by atoms with Crippen LogP contribution in [0.3, 0.4) is 0 Å². The lowest BCUT2D eigenvalue weighted by molar-refractivity contribution is 0.354. The van der Waals surface area contributed by atoms with Crippen LogP contribution in [0.1, 0.15) is 30.5 Å². The fourth-order valence-corrected chi connectivity index (χ4v) is 2.73. The van der Waals surface area contributed by atoms with Gasteiger partial charge in [0.25, 0.3) is 0 Å². The molecular formula is C20H28IN3O2. The van der Waals surface area contributed by atoms with Crippen LogP contribution < -0.4 is 20.5 Å². The number of aliphatic imine (C=N–C) groups is 1. The number of ether oxygens (including phenoxy) is 2. The summed E-state index contributed by atoms with van der Waals surface area (Å²) in [5, 5.41) is 3.27. The maximum absolute atomic E-state index is 6.11. The number of rotatable bonds is 7. The lowest BCUT2D eigenvalue weighted by atomic mass is 10.0. The molecule has 0 bridgehead atoms. The Bertz CT molecular complexity index is 726. The van der Waals surface area contributed by atoms with Crippen molar-refractivity contribution in [3.05, 3.63) is 53.1 Å². The fourth-order valence-electron chi connectivity index (χ4n) is 2.73. The Hall–Kier alpha value is -1.96. The van der Waals surface area contributed by atoms with E-state index in [-0.39, 0.29) is 24.0 Å². The van der Waals surface area contributed by atoms with Crippen LogP contribution in [0.2, 0.25) is 0 Å². The molecule has 2 aromatic rings. The van der Waals surface area contributed by atoms with Crippen molar-refractivity contribution in [1.82, 2.24) is 0 Å². The standard InChI is InChI=1S/C20H27N3O2.HI/c1-5-15-8-7-9-16(6-2)19(15)23-20(21)22-13-14-10-11-17(24-3)18(12-14)25-4;/h7-12H,5-6,13H2,1-4H3,(H3,21,22,23);1H. The van der Waals surface area contributed by atoms with Gasteiger partial charge in [0.15, 0.2) is 17.5 Å². The third-order valence-electron chi connectivity index (χ3n) is 4.13. The maximum atomic E-state index is 6.11. The van der Waals surface area contributed by atoms with Gasteiger partial charge < -0.3 is 20.5 Å². The molecule has 0 spiro atoms. The van der Waals surface area contributed by atoms with Gasteiger partial charge in [0, 0.05) is 5.69 Å². The molecule has 2 rings (SSSR count). The number of benzene rings is 2. The van der Waals surface area contributed by atoms with Crippen LogP contribution >= 0.6 is 24.0 Å². The zero-order valence-electron chi connectivity index (χ0n) is 15.8. The van der Waals surface area contributed by atoms with Crippen LogP contribution in [0.25, 0.3) is 0 Å². The maximum Gasteiger partial charge on any atom is 0.193 e. The van der Waals surface area contributed by atoms with Crippen molar-refractivity contribution in [1.29, 1.82) is 0 Å². The number of methoxy groups -OCH3 is 2. The second-order valence-corrected chi connectivity index (χ2v) is 5.67. The minimum atomic E-state index is 0. The predicted molar refractivity (Wildman–Crippen MR) is 119 cm³/mol. The van der Waals surface area contributed by atoms with E-state index in [1.54, 1.807) is 14.2 Å². The molecular weight excluding hydrogens is 441 g/mol. The fraction of sp³-hybridized carbons (Fsp3) is 0.350. The summed E-state index contributed by atoms with van der Waals surface area (Å²) >= 11 is 0. The molecule has 0 atom stereocenters. The minimum absolute atomic E-state index is 0.